The molecule has 18 heavy (non-hydrogen) atoms. The van der Waals surface area contributed by atoms with Crippen LogP contribution in [0.25, 0.3) is 10.8 Å². The minimum atomic E-state index is -0.368. The second-order valence-corrected chi connectivity index (χ2v) is 4.77. The van der Waals surface area contributed by atoms with Gasteiger partial charge in [0.2, 0.25) is 0 Å². The Morgan fingerprint density at radius 2 is 2.17 bits per heavy atom. The van der Waals surface area contributed by atoms with Gasteiger partial charge in [0.25, 0.3) is 5.69 Å². The summed E-state index contributed by atoms with van der Waals surface area (Å²) in [5.74, 6) is 0.678. The van der Waals surface area contributed by atoms with Crippen LogP contribution in [0, 0.1) is 16.0 Å². The Labute approximate surface area is 104 Å². The van der Waals surface area contributed by atoms with Crippen molar-refractivity contribution >= 4 is 22.1 Å². The van der Waals surface area contributed by atoms with Gasteiger partial charge in [-0.3, -0.25) is 15.1 Å². The molecule has 0 radical (unpaired) electrons. The highest BCUT2D eigenvalue weighted by molar-refractivity contribution is 5.99. The first-order chi connectivity index (χ1) is 8.66. The highest BCUT2D eigenvalue weighted by Gasteiger charge is 2.32. The highest BCUT2D eigenvalue weighted by atomic mass is 16.6. The van der Waals surface area contributed by atoms with Crippen LogP contribution < -0.4 is 5.32 Å². The maximum Gasteiger partial charge on any atom is 0.278 e. The monoisotopic (exact) mass is 243 g/mol. The van der Waals surface area contributed by atoms with Crippen molar-refractivity contribution in [3.8, 4) is 0 Å². The van der Waals surface area contributed by atoms with Gasteiger partial charge >= 0.3 is 0 Å². The van der Waals surface area contributed by atoms with Crippen LogP contribution in [0.1, 0.15) is 13.3 Å². The molecule has 1 N–H and O–H groups in total. The topological polar surface area (TPSA) is 68.1 Å². The number of aromatic nitrogens is 1. The molecule has 1 heterocycles. The molecule has 0 spiro atoms. The Morgan fingerprint density at radius 3 is 2.83 bits per heavy atom. The Morgan fingerprint density at radius 1 is 1.39 bits per heavy atom. The molecule has 1 aliphatic carbocycles. The summed E-state index contributed by atoms with van der Waals surface area (Å²) in [5, 5.41) is 15.8. The van der Waals surface area contributed by atoms with Crippen LogP contribution in [0.5, 0.6) is 0 Å². The molecule has 1 aromatic carbocycles. The van der Waals surface area contributed by atoms with Gasteiger partial charge in [-0.25, -0.2) is 0 Å². The fourth-order valence-electron chi connectivity index (χ4n) is 2.18. The zero-order valence-corrected chi connectivity index (χ0v) is 9.96. The van der Waals surface area contributed by atoms with Gasteiger partial charge in [-0.1, -0.05) is 6.92 Å². The van der Waals surface area contributed by atoms with Crippen molar-refractivity contribution in [3.63, 3.8) is 0 Å². The molecule has 1 aliphatic rings. The normalized spacial score (nSPS) is 21.8. The van der Waals surface area contributed by atoms with Crippen molar-refractivity contribution < 1.29 is 4.92 Å². The SMILES string of the molecule is CC1CC1Nc1ccc([N+](=O)[O-])c2cnccc12. The van der Waals surface area contributed by atoms with E-state index in [0.29, 0.717) is 17.3 Å². The molecule has 1 saturated carbocycles. The molecule has 1 fully saturated rings. The number of rotatable bonds is 3. The number of non-ortho nitro benzene ring substituents is 1. The lowest BCUT2D eigenvalue weighted by Crippen LogP contribution is -2.04. The van der Waals surface area contributed by atoms with Gasteiger partial charge in [0.1, 0.15) is 0 Å². The highest BCUT2D eigenvalue weighted by Crippen LogP contribution is 2.36. The average molecular weight is 243 g/mol. The number of hydrogen-bond donors (Lipinski definition) is 1. The summed E-state index contributed by atoms with van der Waals surface area (Å²) in [6, 6.07) is 5.63. The third-order valence-corrected chi connectivity index (χ3v) is 3.44. The van der Waals surface area contributed by atoms with E-state index in [1.54, 1.807) is 24.5 Å². The molecule has 2 unspecified atom stereocenters. The van der Waals surface area contributed by atoms with E-state index in [0.717, 1.165) is 17.5 Å². The number of anilines is 1. The average Bonchev–Trinajstić information content (AvgIpc) is 3.05. The predicted octanol–water partition coefficient (Wildman–Crippen LogP) is 2.96. The van der Waals surface area contributed by atoms with E-state index in [-0.39, 0.29) is 10.6 Å². The maximum atomic E-state index is 11.0. The Kier molecular flexibility index (Phi) is 2.40. The largest absolute Gasteiger partial charge is 0.382 e. The van der Waals surface area contributed by atoms with Crippen molar-refractivity contribution in [2.24, 2.45) is 5.92 Å². The molecule has 1 aromatic heterocycles. The zero-order chi connectivity index (χ0) is 12.7. The summed E-state index contributed by atoms with van der Waals surface area (Å²) in [4.78, 5) is 14.6. The van der Waals surface area contributed by atoms with Crippen molar-refractivity contribution in [1.82, 2.24) is 4.98 Å². The van der Waals surface area contributed by atoms with Crippen molar-refractivity contribution in [1.29, 1.82) is 0 Å². The van der Waals surface area contributed by atoms with Crippen LogP contribution in [0.2, 0.25) is 0 Å². The second-order valence-electron chi connectivity index (χ2n) is 4.77. The van der Waals surface area contributed by atoms with E-state index in [1.807, 2.05) is 6.07 Å². The number of nitro benzene ring substituents is 1. The third-order valence-electron chi connectivity index (χ3n) is 3.44. The van der Waals surface area contributed by atoms with Gasteiger partial charge in [-0.05, 0) is 24.5 Å². The van der Waals surface area contributed by atoms with Crippen LogP contribution in [-0.2, 0) is 0 Å². The number of nitrogens with one attached hydrogen (secondary N) is 1. The second kappa shape index (κ2) is 3.94. The Hall–Kier alpha value is -2.17. The fraction of sp³-hybridized carbons (Fsp3) is 0.308. The lowest BCUT2D eigenvalue weighted by atomic mass is 10.1. The minimum absolute atomic E-state index is 0.104. The van der Waals surface area contributed by atoms with Crippen LogP contribution >= 0.6 is 0 Å². The number of nitro groups is 1. The Balaban J connectivity index is 2.10. The quantitative estimate of drug-likeness (QED) is 0.664. The van der Waals surface area contributed by atoms with E-state index in [2.05, 4.69) is 17.2 Å². The Bertz CT molecular complexity index is 627. The number of nitrogens with zero attached hydrogens (tertiary/aromatic N) is 2. The smallest absolute Gasteiger partial charge is 0.278 e. The molecule has 2 aromatic rings. The van der Waals surface area contributed by atoms with E-state index >= 15 is 0 Å². The first-order valence-corrected chi connectivity index (χ1v) is 5.94. The molecule has 92 valence electrons. The van der Waals surface area contributed by atoms with Crippen molar-refractivity contribution in [3.05, 3.63) is 40.7 Å². The predicted molar refractivity (Wildman–Crippen MR) is 69.6 cm³/mol. The summed E-state index contributed by atoms with van der Waals surface area (Å²) in [5.41, 5.74) is 1.06. The van der Waals surface area contributed by atoms with Crippen LogP contribution in [0.3, 0.4) is 0 Å². The minimum Gasteiger partial charge on any atom is -0.382 e. The van der Waals surface area contributed by atoms with Gasteiger partial charge in [0.15, 0.2) is 0 Å². The number of hydrogen-bond acceptors (Lipinski definition) is 4. The van der Waals surface area contributed by atoms with E-state index < -0.39 is 0 Å². The summed E-state index contributed by atoms with van der Waals surface area (Å²) in [7, 11) is 0. The molecule has 0 aliphatic heterocycles. The van der Waals surface area contributed by atoms with Crippen molar-refractivity contribution in [2.45, 2.75) is 19.4 Å². The molecular weight excluding hydrogens is 230 g/mol. The van der Waals surface area contributed by atoms with Crippen LogP contribution in [0.4, 0.5) is 11.4 Å². The summed E-state index contributed by atoms with van der Waals surface area (Å²) < 4.78 is 0. The van der Waals surface area contributed by atoms with E-state index in [1.165, 1.54) is 0 Å². The van der Waals surface area contributed by atoms with E-state index in [9.17, 15) is 10.1 Å². The van der Waals surface area contributed by atoms with E-state index in [4.69, 9.17) is 0 Å². The maximum absolute atomic E-state index is 11.0. The molecule has 2 atom stereocenters. The number of pyridine rings is 1. The first kappa shape index (κ1) is 11.0. The molecule has 0 bridgehead atoms. The first-order valence-electron chi connectivity index (χ1n) is 5.94. The van der Waals surface area contributed by atoms with Gasteiger partial charge in [0, 0.05) is 35.6 Å². The molecule has 0 amide bonds. The summed E-state index contributed by atoms with van der Waals surface area (Å²) in [6.45, 7) is 2.19. The summed E-state index contributed by atoms with van der Waals surface area (Å²) in [6.07, 6.45) is 4.37. The van der Waals surface area contributed by atoms with Crippen molar-refractivity contribution in [2.75, 3.05) is 5.32 Å². The third kappa shape index (κ3) is 1.77. The zero-order valence-electron chi connectivity index (χ0n) is 9.96. The van der Waals surface area contributed by atoms with Gasteiger partial charge in [-0.2, -0.15) is 0 Å². The lowest BCUT2D eigenvalue weighted by Gasteiger charge is -2.09. The fourth-order valence-corrected chi connectivity index (χ4v) is 2.18. The number of benzene rings is 1. The molecular formula is C13H13N3O2. The number of fused-ring (bicyclic) bond motifs is 1. The molecule has 0 saturated heterocycles. The van der Waals surface area contributed by atoms with Gasteiger partial charge in [-0.15, -0.1) is 0 Å². The van der Waals surface area contributed by atoms with Crippen LogP contribution in [-0.4, -0.2) is 15.9 Å². The molecule has 5 nitrogen and oxygen atoms in total. The molecule has 5 heteroatoms. The van der Waals surface area contributed by atoms with Gasteiger partial charge in [0.05, 0.1) is 10.3 Å². The van der Waals surface area contributed by atoms with Crippen LogP contribution in [0.15, 0.2) is 30.6 Å². The lowest BCUT2D eigenvalue weighted by molar-refractivity contribution is -0.383. The van der Waals surface area contributed by atoms with Gasteiger partial charge < -0.3 is 5.32 Å². The molecule has 3 rings (SSSR count). The standard InChI is InChI=1S/C13H13N3O2/c1-8-6-12(8)15-11-2-3-13(16(17)18)10-7-14-5-4-9(10)11/h2-5,7-8,12,15H,6H2,1H3. The summed E-state index contributed by atoms with van der Waals surface area (Å²) >= 11 is 0.